The van der Waals surface area contributed by atoms with E-state index < -0.39 is 0 Å². The highest BCUT2D eigenvalue weighted by Crippen LogP contribution is 2.63. The smallest absolute Gasteiger partial charge is 0.159 e. The molecule has 4 aliphatic rings. The molecule has 0 radical (unpaired) electrons. The van der Waals surface area contributed by atoms with Crippen molar-refractivity contribution in [2.75, 3.05) is 0 Å². The van der Waals surface area contributed by atoms with Crippen LogP contribution in [0.5, 0.6) is 0 Å². The molecule has 0 saturated heterocycles. The average Bonchev–Trinajstić information content (AvgIpc) is 2.76. The molecule has 4 rings (SSSR count). The standard InChI is InChI=1S/C19H26O2/c1-18-9-7-13(20)11-12(18)3-4-14-15-5-6-17(21)19(15,2)10-8-16(14)18/h3,7,9,14-17,21H,4-6,8,10-11H2,1-2H3/t14-,15-,16-,17-,18-,19-/m0/s1. The fourth-order valence-electron chi connectivity index (χ4n) is 6.08. The minimum absolute atomic E-state index is 0.0890. The molecule has 0 unspecified atom stereocenters. The van der Waals surface area contributed by atoms with E-state index in [0.29, 0.717) is 24.2 Å². The lowest BCUT2D eigenvalue weighted by Crippen LogP contribution is -2.49. The summed E-state index contributed by atoms with van der Waals surface area (Å²) in [6.45, 7) is 4.65. The van der Waals surface area contributed by atoms with Crippen LogP contribution < -0.4 is 0 Å². The van der Waals surface area contributed by atoms with E-state index in [1.165, 1.54) is 18.4 Å². The van der Waals surface area contributed by atoms with Crippen LogP contribution in [0.15, 0.2) is 23.8 Å². The molecular weight excluding hydrogens is 260 g/mol. The third-order valence-electron chi connectivity index (χ3n) is 7.47. The summed E-state index contributed by atoms with van der Waals surface area (Å²) in [7, 11) is 0. The second-order valence-corrected chi connectivity index (χ2v) is 8.24. The van der Waals surface area contributed by atoms with Crippen LogP contribution in [-0.2, 0) is 4.79 Å². The van der Waals surface area contributed by atoms with Crippen molar-refractivity contribution >= 4 is 5.78 Å². The van der Waals surface area contributed by atoms with Gasteiger partial charge in [-0.25, -0.2) is 0 Å². The normalized spacial score (nSPS) is 52.0. The van der Waals surface area contributed by atoms with E-state index in [1.54, 1.807) is 0 Å². The molecule has 1 N–H and O–H groups in total. The molecule has 2 fully saturated rings. The minimum Gasteiger partial charge on any atom is -0.393 e. The number of aliphatic hydroxyl groups excluding tert-OH is 1. The quantitative estimate of drug-likeness (QED) is 0.690. The summed E-state index contributed by atoms with van der Waals surface area (Å²) in [5.74, 6) is 2.26. The van der Waals surface area contributed by atoms with Gasteiger partial charge in [-0.3, -0.25) is 4.79 Å². The van der Waals surface area contributed by atoms with Gasteiger partial charge in [0.1, 0.15) is 0 Å². The summed E-state index contributed by atoms with van der Waals surface area (Å²) in [5.41, 5.74) is 1.58. The Balaban J connectivity index is 1.72. The Kier molecular flexibility index (Phi) is 2.83. The largest absolute Gasteiger partial charge is 0.393 e. The second-order valence-electron chi connectivity index (χ2n) is 8.24. The number of hydrogen-bond donors (Lipinski definition) is 1. The number of ketones is 1. The van der Waals surface area contributed by atoms with Gasteiger partial charge in [-0.05, 0) is 61.3 Å². The Morgan fingerprint density at radius 3 is 2.81 bits per heavy atom. The zero-order valence-electron chi connectivity index (χ0n) is 13.1. The molecule has 0 heterocycles. The first-order valence-electron chi connectivity index (χ1n) is 8.55. The molecule has 21 heavy (non-hydrogen) atoms. The molecule has 0 aliphatic heterocycles. The Morgan fingerprint density at radius 2 is 2.00 bits per heavy atom. The van der Waals surface area contributed by atoms with Crippen molar-refractivity contribution in [2.24, 2.45) is 28.6 Å². The van der Waals surface area contributed by atoms with E-state index in [1.807, 2.05) is 6.08 Å². The maximum absolute atomic E-state index is 11.7. The van der Waals surface area contributed by atoms with E-state index in [9.17, 15) is 9.90 Å². The summed E-state index contributed by atoms with van der Waals surface area (Å²) in [4.78, 5) is 11.7. The Hall–Kier alpha value is -0.890. The summed E-state index contributed by atoms with van der Waals surface area (Å²) < 4.78 is 0. The van der Waals surface area contributed by atoms with Gasteiger partial charge in [-0.2, -0.15) is 0 Å². The molecule has 114 valence electrons. The van der Waals surface area contributed by atoms with E-state index in [4.69, 9.17) is 0 Å². The lowest BCUT2D eigenvalue weighted by molar-refractivity contribution is -0.115. The van der Waals surface area contributed by atoms with Crippen molar-refractivity contribution in [3.05, 3.63) is 23.8 Å². The van der Waals surface area contributed by atoms with Crippen LogP contribution in [0.4, 0.5) is 0 Å². The van der Waals surface area contributed by atoms with Gasteiger partial charge in [-0.1, -0.05) is 31.6 Å². The fraction of sp³-hybridized carbons (Fsp3) is 0.737. The summed E-state index contributed by atoms with van der Waals surface area (Å²) in [6, 6.07) is 0. The molecule has 0 spiro atoms. The predicted molar refractivity (Wildman–Crippen MR) is 82.6 cm³/mol. The van der Waals surface area contributed by atoms with E-state index in [0.717, 1.165) is 19.3 Å². The van der Waals surface area contributed by atoms with E-state index in [-0.39, 0.29) is 22.7 Å². The number of fused-ring (bicyclic) bond motifs is 5. The maximum atomic E-state index is 11.7. The second kappa shape index (κ2) is 4.32. The lowest BCUT2D eigenvalue weighted by atomic mass is 9.49. The lowest BCUT2D eigenvalue weighted by Gasteiger charge is -2.55. The van der Waals surface area contributed by atoms with Crippen molar-refractivity contribution in [1.82, 2.24) is 0 Å². The van der Waals surface area contributed by atoms with Gasteiger partial charge in [-0.15, -0.1) is 0 Å². The third kappa shape index (κ3) is 1.72. The van der Waals surface area contributed by atoms with E-state index in [2.05, 4.69) is 26.0 Å². The molecule has 0 aromatic rings. The molecule has 0 aromatic heterocycles. The number of carbonyl (C=O) groups excluding carboxylic acids is 1. The molecule has 0 aromatic carbocycles. The fourth-order valence-corrected chi connectivity index (χ4v) is 6.08. The van der Waals surface area contributed by atoms with Crippen LogP contribution in [0.2, 0.25) is 0 Å². The zero-order valence-corrected chi connectivity index (χ0v) is 13.1. The van der Waals surface area contributed by atoms with Crippen molar-refractivity contribution in [1.29, 1.82) is 0 Å². The highest BCUT2D eigenvalue weighted by Gasteiger charge is 2.57. The molecule has 0 amide bonds. The predicted octanol–water partition coefficient (Wildman–Crippen LogP) is 3.66. The monoisotopic (exact) mass is 286 g/mol. The van der Waals surface area contributed by atoms with Gasteiger partial charge in [0.15, 0.2) is 5.78 Å². The van der Waals surface area contributed by atoms with Crippen LogP contribution in [0.3, 0.4) is 0 Å². The van der Waals surface area contributed by atoms with Crippen molar-refractivity contribution in [3.63, 3.8) is 0 Å². The number of hydrogen-bond acceptors (Lipinski definition) is 2. The average molecular weight is 286 g/mol. The molecule has 4 aliphatic carbocycles. The third-order valence-corrected chi connectivity index (χ3v) is 7.47. The van der Waals surface area contributed by atoms with Gasteiger partial charge in [0.25, 0.3) is 0 Å². The zero-order chi connectivity index (χ0) is 14.8. The van der Waals surface area contributed by atoms with Crippen molar-refractivity contribution < 1.29 is 9.90 Å². The topological polar surface area (TPSA) is 37.3 Å². The van der Waals surface area contributed by atoms with Gasteiger partial charge >= 0.3 is 0 Å². The Labute approximate surface area is 127 Å². The molecular formula is C19H26O2. The number of aliphatic hydroxyl groups is 1. The number of carbonyl (C=O) groups is 1. The summed E-state index contributed by atoms with van der Waals surface area (Å²) in [6.07, 6.45) is 12.5. The van der Waals surface area contributed by atoms with E-state index >= 15 is 0 Å². The molecule has 2 saturated carbocycles. The van der Waals surface area contributed by atoms with Crippen LogP contribution in [0.25, 0.3) is 0 Å². The highest BCUT2D eigenvalue weighted by molar-refractivity contribution is 5.93. The summed E-state index contributed by atoms with van der Waals surface area (Å²) in [5, 5.41) is 10.4. The SMILES string of the molecule is C[C@]12CC[C@H]3[C@@H](CC=C4CC(=O)C=C[C@@]43C)[C@@H]1CC[C@@H]2O. The highest BCUT2D eigenvalue weighted by atomic mass is 16.3. The summed E-state index contributed by atoms with van der Waals surface area (Å²) >= 11 is 0. The molecule has 6 atom stereocenters. The maximum Gasteiger partial charge on any atom is 0.159 e. The van der Waals surface area contributed by atoms with Crippen molar-refractivity contribution in [2.45, 2.75) is 58.5 Å². The first-order chi connectivity index (χ1) is 9.95. The van der Waals surface area contributed by atoms with Gasteiger partial charge < -0.3 is 5.11 Å². The van der Waals surface area contributed by atoms with Gasteiger partial charge in [0.05, 0.1) is 6.10 Å². The minimum atomic E-state index is -0.106. The van der Waals surface area contributed by atoms with Crippen LogP contribution in [-0.4, -0.2) is 17.0 Å². The van der Waals surface area contributed by atoms with Crippen LogP contribution in [0, 0.1) is 28.6 Å². The first-order valence-corrected chi connectivity index (χ1v) is 8.55. The first kappa shape index (κ1) is 13.8. The number of allylic oxidation sites excluding steroid dienone is 4. The molecule has 0 bridgehead atoms. The Morgan fingerprint density at radius 1 is 1.19 bits per heavy atom. The van der Waals surface area contributed by atoms with Gasteiger partial charge in [0, 0.05) is 11.8 Å². The number of rotatable bonds is 0. The van der Waals surface area contributed by atoms with Crippen LogP contribution >= 0.6 is 0 Å². The Bertz CT molecular complexity index is 546. The van der Waals surface area contributed by atoms with Crippen LogP contribution in [0.1, 0.15) is 52.4 Å². The molecule has 2 nitrogen and oxygen atoms in total. The van der Waals surface area contributed by atoms with Gasteiger partial charge in [0.2, 0.25) is 0 Å². The molecule has 2 heteroatoms. The van der Waals surface area contributed by atoms with Crippen molar-refractivity contribution in [3.8, 4) is 0 Å².